The summed E-state index contributed by atoms with van der Waals surface area (Å²) in [4.78, 5) is 3.73. The molecule has 0 unspecified atom stereocenters. The molecule has 1 aromatic heterocycles. The quantitative estimate of drug-likeness (QED) is 0.870. The van der Waals surface area contributed by atoms with Crippen LogP contribution < -0.4 is 4.74 Å². The Bertz CT molecular complexity index is 753. The highest BCUT2D eigenvalue weighted by Crippen LogP contribution is 2.35. The first-order valence-corrected chi connectivity index (χ1v) is 6.11. The first kappa shape index (κ1) is 15.4. The van der Waals surface area contributed by atoms with E-state index in [1.807, 2.05) is 6.07 Å². The van der Waals surface area contributed by atoms with E-state index >= 15 is 0 Å². The molecule has 22 heavy (non-hydrogen) atoms. The molecule has 0 atom stereocenters. The number of nitrogens with zero attached hydrogens (tertiary/aromatic N) is 4. The molecule has 5 nitrogen and oxygen atoms in total. The van der Waals surface area contributed by atoms with E-state index in [2.05, 4.69) is 4.98 Å². The number of hydrogen-bond acceptors (Lipinski definition) is 4. The smallest absolute Gasteiger partial charge is 0.419 e. The third kappa shape index (κ3) is 3.18. The van der Waals surface area contributed by atoms with Crippen LogP contribution in [0, 0.1) is 22.7 Å². The van der Waals surface area contributed by atoms with Crippen molar-refractivity contribution in [2.45, 2.75) is 12.7 Å². The summed E-state index contributed by atoms with van der Waals surface area (Å²) in [7, 11) is 0. The molecule has 0 saturated heterocycles. The van der Waals surface area contributed by atoms with Gasteiger partial charge in [-0.25, -0.2) is 4.98 Å². The summed E-state index contributed by atoms with van der Waals surface area (Å²) < 4.78 is 44.9. The molecule has 112 valence electrons. The van der Waals surface area contributed by atoms with Crippen molar-refractivity contribution in [3.63, 3.8) is 0 Å². The number of rotatable bonds is 4. The fourth-order valence-corrected chi connectivity index (χ4v) is 1.83. The number of alkyl halides is 3. The van der Waals surface area contributed by atoms with E-state index in [0.717, 1.165) is 6.07 Å². The summed E-state index contributed by atoms with van der Waals surface area (Å²) in [6, 6.07) is 8.46. The van der Waals surface area contributed by atoms with Crippen LogP contribution in [0.5, 0.6) is 5.75 Å². The summed E-state index contributed by atoms with van der Waals surface area (Å²) in [5.74, 6) is -0.283. The molecule has 2 aromatic rings. The van der Waals surface area contributed by atoms with Gasteiger partial charge in [0.25, 0.3) is 0 Å². The van der Waals surface area contributed by atoms with Crippen molar-refractivity contribution in [2.24, 2.45) is 0 Å². The van der Waals surface area contributed by atoms with Crippen molar-refractivity contribution in [1.82, 2.24) is 9.55 Å². The molecular weight excluding hydrogens is 297 g/mol. The molecule has 0 radical (unpaired) electrons. The van der Waals surface area contributed by atoms with Crippen LogP contribution in [0.25, 0.3) is 0 Å². The van der Waals surface area contributed by atoms with E-state index in [-0.39, 0.29) is 30.3 Å². The molecule has 2 rings (SSSR count). The zero-order chi connectivity index (χ0) is 16.2. The topological polar surface area (TPSA) is 74.6 Å². The molecule has 0 N–H and O–H groups in total. The lowest BCUT2D eigenvalue weighted by Crippen LogP contribution is -2.13. The second-order valence-corrected chi connectivity index (χ2v) is 4.20. The predicted molar refractivity (Wildman–Crippen MR) is 68.6 cm³/mol. The first-order valence-electron chi connectivity index (χ1n) is 6.11. The maximum Gasteiger partial charge on any atom is 0.419 e. The van der Waals surface area contributed by atoms with E-state index in [4.69, 9.17) is 15.3 Å². The third-order valence-electron chi connectivity index (χ3n) is 2.83. The molecule has 1 heterocycles. The van der Waals surface area contributed by atoms with E-state index in [1.165, 1.54) is 29.1 Å². The van der Waals surface area contributed by atoms with Gasteiger partial charge in [-0.2, -0.15) is 23.7 Å². The van der Waals surface area contributed by atoms with Gasteiger partial charge in [-0.15, -0.1) is 0 Å². The van der Waals surface area contributed by atoms with Crippen LogP contribution in [0.1, 0.15) is 17.0 Å². The zero-order valence-corrected chi connectivity index (χ0v) is 11.1. The number of halogens is 3. The third-order valence-corrected chi connectivity index (χ3v) is 2.83. The first-order chi connectivity index (χ1) is 10.5. The van der Waals surface area contributed by atoms with Crippen LogP contribution in [0.4, 0.5) is 13.2 Å². The lowest BCUT2D eigenvalue weighted by Gasteiger charge is -2.13. The van der Waals surface area contributed by atoms with Crippen molar-refractivity contribution in [2.75, 3.05) is 6.61 Å². The Labute approximate surface area is 123 Å². The van der Waals surface area contributed by atoms with Gasteiger partial charge in [0, 0.05) is 0 Å². The number of hydrogen-bond donors (Lipinski definition) is 0. The SMILES string of the molecule is N#Cc1ncn(CCOc2ccccc2C(F)(F)F)c1C#N. The number of nitriles is 2. The normalized spacial score (nSPS) is 10.8. The number of benzene rings is 1. The zero-order valence-electron chi connectivity index (χ0n) is 11.1. The molecule has 0 spiro atoms. The van der Waals surface area contributed by atoms with Crippen molar-refractivity contribution >= 4 is 0 Å². The summed E-state index contributed by atoms with van der Waals surface area (Å²) in [5.41, 5.74) is -0.841. The number of para-hydroxylation sites is 1. The van der Waals surface area contributed by atoms with Gasteiger partial charge in [-0.3, -0.25) is 0 Å². The van der Waals surface area contributed by atoms with Gasteiger partial charge in [0.15, 0.2) is 11.4 Å². The van der Waals surface area contributed by atoms with Crippen molar-refractivity contribution in [1.29, 1.82) is 10.5 Å². The van der Waals surface area contributed by atoms with Crippen molar-refractivity contribution in [3.05, 3.63) is 47.5 Å². The van der Waals surface area contributed by atoms with E-state index in [1.54, 1.807) is 6.07 Å². The van der Waals surface area contributed by atoms with Crippen molar-refractivity contribution in [3.8, 4) is 17.9 Å². The van der Waals surface area contributed by atoms with Gasteiger partial charge in [-0.1, -0.05) is 12.1 Å². The standard InChI is InChI=1S/C14H9F3N4O/c15-14(16,17)10-3-1-2-4-13(10)22-6-5-21-9-20-11(7-18)12(21)8-19/h1-4,9H,5-6H2. The highest BCUT2D eigenvalue weighted by atomic mass is 19.4. The van der Waals surface area contributed by atoms with Crippen LogP contribution in [0.2, 0.25) is 0 Å². The second kappa shape index (κ2) is 6.19. The van der Waals surface area contributed by atoms with Crippen LogP contribution in [0.15, 0.2) is 30.6 Å². The number of ether oxygens (including phenoxy) is 1. The van der Waals surface area contributed by atoms with Gasteiger partial charge in [0.2, 0.25) is 0 Å². The van der Waals surface area contributed by atoms with Gasteiger partial charge in [0.1, 0.15) is 24.5 Å². The maximum absolute atomic E-state index is 12.8. The molecule has 0 aliphatic heterocycles. The van der Waals surface area contributed by atoms with Gasteiger partial charge < -0.3 is 9.30 Å². The molecule has 1 aromatic carbocycles. The molecule has 0 aliphatic carbocycles. The minimum atomic E-state index is -4.50. The molecule has 8 heteroatoms. The minimum Gasteiger partial charge on any atom is -0.491 e. The Hall–Kier alpha value is -3.00. The van der Waals surface area contributed by atoms with Crippen LogP contribution in [-0.4, -0.2) is 16.2 Å². The Morgan fingerprint density at radius 1 is 1.18 bits per heavy atom. The second-order valence-electron chi connectivity index (χ2n) is 4.20. The largest absolute Gasteiger partial charge is 0.491 e. The highest BCUT2D eigenvalue weighted by Gasteiger charge is 2.33. The number of imidazole rings is 1. The van der Waals surface area contributed by atoms with E-state index in [9.17, 15) is 13.2 Å². The Morgan fingerprint density at radius 2 is 1.91 bits per heavy atom. The Morgan fingerprint density at radius 3 is 2.55 bits per heavy atom. The van der Waals surface area contributed by atoms with Crippen LogP contribution >= 0.6 is 0 Å². The summed E-state index contributed by atoms with van der Waals surface area (Å²) in [5, 5.41) is 17.7. The van der Waals surface area contributed by atoms with Gasteiger partial charge in [0.05, 0.1) is 18.4 Å². The highest BCUT2D eigenvalue weighted by molar-refractivity contribution is 5.36. The monoisotopic (exact) mass is 306 g/mol. The molecule has 0 saturated carbocycles. The maximum atomic E-state index is 12.8. The molecular formula is C14H9F3N4O. The summed E-state index contributed by atoms with van der Waals surface area (Å²) in [6.45, 7) is 0.00671. The Balaban J connectivity index is 2.09. The van der Waals surface area contributed by atoms with E-state index < -0.39 is 11.7 Å². The minimum absolute atomic E-state index is 0.0295. The average Bonchev–Trinajstić information content (AvgIpc) is 2.88. The summed E-state index contributed by atoms with van der Waals surface area (Å²) in [6.07, 6.45) is -3.23. The lowest BCUT2D eigenvalue weighted by atomic mass is 10.2. The average molecular weight is 306 g/mol. The van der Waals surface area contributed by atoms with Gasteiger partial charge in [-0.05, 0) is 12.1 Å². The Kier molecular flexibility index (Phi) is 4.33. The molecule has 0 amide bonds. The fraction of sp³-hybridized carbons (Fsp3) is 0.214. The van der Waals surface area contributed by atoms with Crippen LogP contribution in [0.3, 0.4) is 0 Å². The molecule has 0 bridgehead atoms. The predicted octanol–water partition coefficient (Wildman–Crippen LogP) is 2.72. The van der Waals surface area contributed by atoms with Crippen molar-refractivity contribution < 1.29 is 17.9 Å². The molecule has 0 aliphatic rings. The lowest BCUT2D eigenvalue weighted by molar-refractivity contribution is -0.139. The van der Waals surface area contributed by atoms with Gasteiger partial charge >= 0.3 is 6.18 Å². The fourth-order valence-electron chi connectivity index (χ4n) is 1.83. The van der Waals surface area contributed by atoms with E-state index in [0.29, 0.717) is 0 Å². The molecule has 0 fully saturated rings. The summed E-state index contributed by atoms with van der Waals surface area (Å²) >= 11 is 0. The van der Waals surface area contributed by atoms with Crippen LogP contribution in [-0.2, 0) is 12.7 Å². The number of aromatic nitrogens is 2.